The molecule has 35 heavy (non-hydrogen) atoms. The van der Waals surface area contributed by atoms with Crippen LogP contribution in [0.4, 0.5) is 5.69 Å². The van der Waals surface area contributed by atoms with Crippen LogP contribution < -0.4 is 25.9 Å². The molecule has 0 unspecified atom stereocenters. The van der Waals surface area contributed by atoms with Gasteiger partial charge >= 0.3 is 17.8 Å². The van der Waals surface area contributed by atoms with Crippen molar-refractivity contribution in [2.45, 2.75) is 0 Å². The highest BCUT2D eigenvalue weighted by molar-refractivity contribution is 6.39. The SMILES string of the molecule is COc1cc(/C=N/NC(=O)C(=O)Nc2ccc(C(N)=O)cc2)ccc1OC(=O)c1ccccc1Cl. The van der Waals surface area contributed by atoms with Gasteiger partial charge in [-0.3, -0.25) is 14.4 Å². The third kappa shape index (κ3) is 6.65. The van der Waals surface area contributed by atoms with Gasteiger partial charge in [-0.15, -0.1) is 0 Å². The monoisotopic (exact) mass is 494 g/mol. The van der Waals surface area contributed by atoms with E-state index in [-0.39, 0.29) is 27.6 Å². The molecule has 0 radical (unpaired) electrons. The quantitative estimate of drug-likeness (QED) is 0.151. The molecule has 3 amide bonds. The minimum Gasteiger partial charge on any atom is -0.493 e. The van der Waals surface area contributed by atoms with Crippen molar-refractivity contribution < 1.29 is 28.7 Å². The van der Waals surface area contributed by atoms with E-state index in [9.17, 15) is 19.2 Å². The zero-order valence-electron chi connectivity index (χ0n) is 18.3. The number of carbonyl (C=O) groups excluding carboxylic acids is 4. The number of hydrogen-bond donors (Lipinski definition) is 3. The van der Waals surface area contributed by atoms with E-state index in [1.54, 1.807) is 24.3 Å². The number of halogens is 1. The number of rotatable bonds is 7. The van der Waals surface area contributed by atoms with Crippen LogP contribution in [0.1, 0.15) is 26.3 Å². The van der Waals surface area contributed by atoms with Crippen molar-refractivity contribution >= 4 is 47.2 Å². The number of esters is 1. The lowest BCUT2D eigenvalue weighted by molar-refractivity contribution is -0.136. The zero-order chi connectivity index (χ0) is 25.4. The van der Waals surface area contributed by atoms with E-state index in [2.05, 4.69) is 15.8 Å². The molecule has 0 spiro atoms. The summed E-state index contributed by atoms with van der Waals surface area (Å²) < 4.78 is 10.6. The molecule has 10 nitrogen and oxygen atoms in total. The summed E-state index contributed by atoms with van der Waals surface area (Å²) in [5.74, 6) is -2.86. The first-order valence-electron chi connectivity index (χ1n) is 9.97. The number of nitrogens with two attached hydrogens (primary N) is 1. The van der Waals surface area contributed by atoms with Crippen molar-refractivity contribution in [3.63, 3.8) is 0 Å². The van der Waals surface area contributed by atoms with E-state index in [1.165, 1.54) is 55.8 Å². The molecule has 0 aliphatic carbocycles. The van der Waals surface area contributed by atoms with Crippen LogP contribution in [0.25, 0.3) is 0 Å². The smallest absolute Gasteiger partial charge is 0.345 e. The molecular weight excluding hydrogens is 476 g/mol. The molecule has 3 aromatic carbocycles. The Morgan fingerprint density at radius 1 is 0.943 bits per heavy atom. The molecular formula is C24H19ClN4O6. The van der Waals surface area contributed by atoms with Gasteiger partial charge in [0.2, 0.25) is 5.91 Å². The van der Waals surface area contributed by atoms with Crippen LogP contribution in [0.2, 0.25) is 5.02 Å². The Kier molecular flexibility index (Phi) is 8.15. The number of methoxy groups -OCH3 is 1. The first-order valence-corrected chi connectivity index (χ1v) is 10.3. The molecule has 0 bridgehead atoms. The molecule has 178 valence electrons. The van der Waals surface area contributed by atoms with Crippen molar-refractivity contribution in [1.29, 1.82) is 0 Å². The van der Waals surface area contributed by atoms with Gasteiger partial charge in [0.15, 0.2) is 11.5 Å². The Morgan fingerprint density at radius 3 is 2.31 bits per heavy atom. The molecule has 3 aromatic rings. The van der Waals surface area contributed by atoms with Gasteiger partial charge in [-0.1, -0.05) is 23.7 Å². The fourth-order valence-electron chi connectivity index (χ4n) is 2.75. The van der Waals surface area contributed by atoms with E-state index < -0.39 is 23.7 Å². The van der Waals surface area contributed by atoms with Gasteiger partial charge in [-0.2, -0.15) is 5.10 Å². The van der Waals surface area contributed by atoms with Crippen LogP contribution in [0.5, 0.6) is 11.5 Å². The van der Waals surface area contributed by atoms with Gasteiger partial charge < -0.3 is 20.5 Å². The number of anilines is 1. The molecule has 0 atom stereocenters. The summed E-state index contributed by atoms with van der Waals surface area (Å²) in [4.78, 5) is 47.4. The van der Waals surface area contributed by atoms with E-state index in [0.717, 1.165) is 0 Å². The molecule has 0 aliphatic rings. The summed E-state index contributed by atoms with van der Waals surface area (Å²) in [6.45, 7) is 0. The summed E-state index contributed by atoms with van der Waals surface area (Å²) in [6, 6.07) is 16.7. The number of carbonyl (C=O) groups is 4. The average Bonchev–Trinajstić information content (AvgIpc) is 2.85. The van der Waals surface area contributed by atoms with Gasteiger partial charge in [-0.05, 0) is 60.2 Å². The van der Waals surface area contributed by atoms with E-state index in [1.807, 2.05) is 0 Å². The maximum Gasteiger partial charge on any atom is 0.345 e. The van der Waals surface area contributed by atoms with E-state index in [4.69, 9.17) is 26.8 Å². The summed E-state index contributed by atoms with van der Waals surface area (Å²) >= 11 is 6.02. The molecule has 0 heterocycles. The maximum atomic E-state index is 12.4. The lowest BCUT2D eigenvalue weighted by atomic mass is 10.2. The summed E-state index contributed by atoms with van der Waals surface area (Å²) in [6.07, 6.45) is 1.27. The highest BCUT2D eigenvalue weighted by Gasteiger charge is 2.16. The van der Waals surface area contributed by atoms with Crippen LogP contribution in [0.15, 0.2) is 71.8 Å². The van der Waals surface area contributed by atoms with Crippen LogP contribution in [-0.2, 0) is 9.59 Å². The Labute approximate surface area is 204 Å². The molecule has 11 heteroatoms. The molecule has 4 N–H and O–H groups in total. The number of nitrogens with one attached hydrogen (secondary N) is 2. The lowest BCUT2D eigenvalue weighted by Gasteiger charge is -2.10. The van der Waals surface area contributed by atoms with E-state index >= 15 is 0 Å². The van der Waals surface area contributed by atoms with Crippen LogP contribution in [-0.4, -0.2) is 37.0 Å². The first-order chi connectivity index (χ1) is 16.8. The molecule has 3 rings (SSSR count). The third-order valence-corrected chi connectivity index (χ3v) is 4.83. The Morgan fingerprint density at radius 2 is 1.66 bits per heavy atom. The number of hydrogen-bond acceptors (Lipinski definition) is 7. The van der Waals surface area contributed by atoms with Gasteiger partial charge in [0, 0.05) is 11.3 Å². The molecule has 0 saturated carbocycles. The third-order valence-electron chi connectivity index (χ3n) is 4.50. The van der Waals surface area contributed by atoms with Gasteiger partial charge in [-0.25, -0.2) is 10.2 Å². The minimum atomic E-state index is -1.02. The van der Waals surface area contributed by atoms with Crippen molar-refractivity contribution in [1.82, 2.24) is 5.43 Å². The minimum absolute atomic E-state index is 0.153. The summed E-state index contributed by atoms with van der Waals surface area (Å²) in [7, 11) is 1.39. The Balaban J connectivity index is 1.59. The predicted octanol–water partition coefficient (Wildman–Crippen LogP) is 2.76. The molecule has 0 saturated heterocycles. The van der Waals surface area contributed by atoms with E-state index in [0.29, 0.717) is 11.3 Å². The maximum absolute atomic E-state index is 12.4. The standard InChI is InChI=1S/C24H19ClN4O6/c1-34-20-12-14(6-11-19(20)35-24(33)17-4-2-3-5-18(17)25)13-27-29-23(32)22(31)28-16-9-7-15(8-10-16)21(26)30/h2-13H,1H3,(H2,26,30)(H,28,31)(H,29,32)/b27-13+. The summed E-state index contributed by atoms with van der Waals surface area (Å²) in [5, 5.41) is 6.35. The topological polar surface area (TPSA) is 149 Å². The average molecular weight is 495 g/mol. The number of ether oxygens (including phenoxy) is 2. The van der Waals surface area contributed by atoms with Crippen LogP contribution in [0.3, 0.4) is 0 Å². The number of nitrogens with zero attached hydrogens (tertiary/aromatic N) is 1. The number of benzene rings is 3. The molecule has 0 fully saturated rings. The summed E-state index contributed by atoms with van der Waals surface area (Å²) in [5.41, 5.74) is 8.50. The van der Waals surface area contributed by atoms with Crippen molar-refractivity contribution in [3.05, 3.63) is 88.4 Å². The normalized spacial score (nSPS) is 10.5. The first kappa shape index (κ1) is 24.9. The van der Waals surface area contributed by atoms with Crippen molar-refractivity contribution in [3.8, 4) is 11.5 Å². The highest BCUT2D eigenvalue weighted by atomic mass is 35.5. The Hall–Kier alpha value is -4.70. The second-order valence-corrected chi connectivity index (χ2v) is 7.28. The molecule has 0 aliphatic heterocycles. The van der Waals surface area contributed by atoms with Crippen LogP contribution in [0, 0.1) is 0 Å². The second-order valence-electron chi connectivity index (χ2n) is 6.87. The fourth-order valence-corrected chi connectivity index (χ4v) is 2.97. The number of amides is 3. The van der Waals surface area contributed by atoms with Gasteiger partial charge in [0.05, 0.1) is 23.9 Å². The second kappa shape index (κ2) is 11.4. The van der Waals surface area contributed by atoms with Crippen molar-refractivity contribution in [2.75, 3.05) is 12.4 Å². The zero-order valence-corrected chi connectivity index (χ0v) is 19.0. The van der Waals surface area contributed by atoms with Crippen LogP contribution >= 0.6 is 11.6 Å². The molecule has 0 aromatic heterocycles. The lowest BCUT2D eigenvalue weighted by Crippen LogP contribution is -2.32. The Bertz CT molecular complexity index is 1310. The fraction of sp³-hybridized carbons (Fsp3) is 0.0417. The highest BCUT2D eigenvalue weighted by Crippen LogP contribution is 2.29. The largest absolute Gasteiger partial charge is 0.493 e. The van der Waals surface area contributed by atoms with Gasteiger partial charge in [0.1, 0.15) is 0 Å². The number of hydrazone groups is 1. The van der Waals surface area contributed by atoms with Gasteiger partial charge in [0.25, 0.3) is 0 Å². The predicted molar refractivity (Wildman–Crippen MR) is 129 cm³/mol. The number of primary amides is 1. The van der Waals surface area contributed by atoms with Crippen molar-refractivity contribution in [2.24, 2.45) is 10.8 Å².